The van der Waals surface area contributed by atoms with Gasteiger partial charge in [-0.25, -0.2) is 4.79 Å². The summed E-state index contributed by atoms with van der Waals surface area (Å²) in [7, 11) is 1.19. The van der Waals surface area contributed by atoms with Crippen LogP contribution in [-0.2, 0) is 4.74 Å². The van der Waals surface area contributed by atoms with E-state index in [2.05, 4.69) is 15.0 Å². The molecule has 3 rings (SSSR count). The van der Waals surface area contributed by atoms with Crippen LogP contribution in [0.1, 0.15) is 33.2 Å². The van der Waals surface area contributed by atoms with Gasteiger partial charge in [0.05, 0.1) is 34.4 Å². The number of anilines is 1. The van der Waals surface area contributed by atoms with E-state index in [1.165, 1.54) is 13.2 Å². The molecule has 1 aromatic heterocycles. The second-order valence-electron chi connectivity index (χ2n) is 6.34. The molecule has 1 atom stereocenters. The van der Waals surface area contributed by atoms with Gasteiger partial charge < -0.3 is 10.1 Å². The summed E-state index contributed by atoms with van der Waals surface area (Å²) in [5, 5.41) is 14.9. The highest BCUT2D eigenvalue weighted by Gasteiger charge is 2.25. The van der Waals surface area contributed by atoms with Crippen LogP contribution in [-0.4, -0.2) is 23.0 Å². The Morgan fingerprint density at radius 3 is 2.62 bits per heavy atom. The number of carbonyl (C=O) groups is 1. The zero-order chi connectivity index (χ0) is 21.0. The van der Waals surface area contributed by atoms with E-state index in [1.54, 1.807) is 12.3 Å². The van der Waals surface area contributed by atoms with E-state index in [4.69, 9.17) is 11.6 Å². The number of methoxy groups -OCH3 is 1. The summed E-state index contributed by atoms with van der Waals surface area (Å²) in [5.41, 5.74) is 2.41. The largest absolute Gasteiger partial charge is 0.465 e. The number of esters is 1. The molecule has 0 spiro atoms. The number of nitrogens with one attached hydrogen (secondary N) is 1. The number of hydrogen-bond donors (Lipinski definition) is 1. The number of aromatic nitrogens is 1. The fraction of sp³-hybridized carbons (Fsp3) is 0.143. The summed E-state index contributed by atoms with van der Waals surface area (Å²) in [4.78, 5) is 27.3. The topological polar surface area (TPSA) is 94.4 Å². The van der Waals surface area contributed by atoms with Crippen LogP contribution >= 0.6 is 11.6 Å². The first-order valence-corrected chi connectivity index (χ1v) is 9.08. The van der Waals surface area contributed by atoms with Gasteiger partial charge >= 0.3 is 5.97 Å². The molecule has 1 unspecified atom stereocenters. The van der Waals surface area contributed by atoms with Crippen molar-refractivity contribution in [2.75, 3.05) is 12.4 Å². The van der Waals surface area contributed by atoms with E-state index in [-0.39, 0.29) is 22.0 Å². The summed E-state index contributed by atoms with van der Waals surface area (Å²) >= 11 is 6.20. The summed E-state index contributed by atoms with van der Waals surface area (Å²) in [6.45, 7) is 1.96. The minimum Gasteiger partial charge on any atom is -0.465 e. The lowest BCUT2D eigenvalue weighted by Gasteiger charge is -2.21. The summed E-state index contributed by atoms with van der Waals surface area (Å²) in [6.07, 6.45) is 1.65. The van der Waals surface area contributed by atoms with E-state index in [9.17, 15) is 14.9 Å². The van der Waals surface area contributed by atoms with Crippen molar-refractivity contribution in [2.24, 2.45) is 0 Å². The number of nitro groups is 1. The summed E-state index contributed by atoms with van der Waals surface area (Å²) in [5.74, 6) is -0.746. The van der Waals surface area contributed by atoms with E-state index in [1.807, 2.05) is 43.3 Å². The number of aryl methyl sites for hydroxylation is 1. The molecular formula is C21H18ClN3O4. The fourth-order valence-corrected chi connectivity index (χ4v) is 3.22. The minimum atomic E-state index is -0.746. The van der Waals surface area contributed by atoms with Crippen molar-refractivity contribution < 1.29 is 14.5 Å². The van der Waals surface area contributed by atoms with Crippen molar-refractivity contribution in [3.8, 4) is 0 Å². The van der Waals surface area contributed by atoms with Gasteiger partial charge in [0.25, 0.3) is 5.69 Å². The molecule has 0 bridgehead atoms. The lowest BCUT2D eigenvalue weighted by molar-refractivity contribution is -0.384. The van der Waals surface area contributed by atoms with Crippen molar-refractivity contribution in [3.05, 3.63) is 98.3 Å². The van der Waals surface area contributed by atoms with Gasteiger partial charge in [0.15, 0.2) is 0 Å². The Morgan fingerprint density at radius 1 is 1.21 bits per heavy atom. The molecule has 148 valence electrons. The van der Waals surface area contributed by atoms with Crippen LogP contribution in [0.2, 0.25) is 5.02 Å². The lowest BCUT2D eigenvalue weighted by Crippen LogP contribution is -2.15. The van der Waals surface area contributed by atoms with Crippen LogP contribution in [0, 0.1) is 17.0 Å². The molecule has 0 aliphatic rings. The molecule has 0 radical (unpaired) electrons. The number of ether oxygens (including phenoxy) is 1. The molecule has 8 heteroatoms. The van der Waals surface area contributed by atoms with Gasteiger partial charge in [-0.15, -0.1) is 0 Å². The summed E-state index contributed by atoms with van der Waals surface area (Å²) < 4.78 is 4.65. The molecule has 1 heterocycles. The molecule has 0 amide bonds. The number of pyridine rings is 1. The highest BCUT2D eigenvalue weighted by Crippen LogP contribution is 2.35. The summed E-state index contributed by atoms with van der Waals surface area (Å²) in [6, 6.07) is 15.2. The molecule has 29 heavy (non-hydrogen) atoms. The second-order valence-corrected chi connectivity index (χ2v) is 6.75. The Balaban J connectivity index is 2.11. The molecular weight excluding hydrogens is 394 g/mol. The first-order chi connectivity index (χ1) is 13.9. The molecule has 0 saturated carbocycles. The standard InChI is InChI=1S/C21H18ClN3O4/c1-13-6-5-7-14(10-13)20(17-8-3-4-9-23-17)24-18-12-16(22)15(21(26)29-2)11-19(18)25(27)28/h3-12,20,24H,1-2H3. The van der Waals surface area contributed by atoms with Gasteiger partial charge in [0, 0.05) is 12.3 Å². The minimum absolute atomic E-state index is 0.0500. The van der Waals surface area contributed by atoms with E-state index in [0.29, 0.717) is 5.69 Å². The van der Waals surface area contributed by atoms with Gasteiger partial charge in [-0.1, -0.05) is 47.5 Å². The maximum absolute atomic E-state index is 11.9. The number of carbonyl (C=O) groups excluding carboxylic acids is 1. The van der Waals surface area contributed by atoms with Crippen molar-refractivity contribution in [3.63, 3.8) is 0 Å². The zero-order valence-corrected chi connectivity index (χ0v) is 16.5. The van der Waals surface area contributed by atoms with Crippen molar-refractivity contribution in [1.82, 2.24) is 4.98 Å². The van der Waals surface area contributed by atoms with Crippen molar-refractivity contribution >= 4 is 28.9 Å². The Labute approximate surface area is 172 Å². The van der Waals surface area contributed by atoms with Crippen LogP contribution in [0.3, 0.4) is 0 Å². The van der Waals surface area contributed by atoms with Crippen molar-refractivity contribution in [2.45, 2.75) is 13.0 Å². The molecule has 0 saturated heterocycles. The molecule has 0 fully saturated rings. The number of rotatable bonds is 6. The third-order valence-electron chi connectivity index (χ3n) is 4.35. The number of nitro benzene ring substituents is 1. The molecule has 0 aliphatic carbocycles. The van der Waals surface area contributed by atoms with Crippen LogP contribution in [0.15, 0.2) is 60.8 Å². The average Bonchev–Trinajstić information content (AvgIpc) is 2.72. The molecule has 3 aromatic rings. The maximum Gasteiger partial charge on any atom is 0.339 e. The zero-order valence-electron chi connectivity index (χ0n) is 15.8. The first-order valence-electron chi connectivity index (χ1n) is 8.71. The smallest absolute Gasteiger partial charge is 0.339 e. The van der Waals surface area contributed by atoms with Gasteiger partial charge in [0.2, 0.25) is 0 Å². The molecule has 1 N–H and O–H groups in total. The average molecular weight is 412 g/mol. The van der Waals surface area contributed by atoms with Crippen molar-refractivity contribution in [1.29, 1.82) is 0 Å². The highest BCUT2D eigenvalue weighted by molar-refractivity contribution is 6.34. The molecule has 7 nitrogen and oxygen atoms in total. The monoisotopic (exact) mass is 411 g/mol. The highest BCUT2D eigenvalue weighted by atomic mass is 35.5. The maximum atomic E-state index is 11.9. The predicted octanol–water partition coefficient (Wildman–Crippen LogP) is 4.94. The quantitative estimate of drug-likeness (QED) is 0.350. The number of hydrogen-bond acceptors (Lipinski definition) is 6. The third-order valence-corrected chi connectivity index (χ3v) is 4.66. The fourth-order valence-electron chi connectivity index (χ4n) is 2.97. The van der Waals surface area contributed by atoms with Gasteiger partial charge in [0.1, 0.15) is 5.69 Å². The van der Waals surface area contributed by atoms with Gasteiger partial charge in [-0.05, 0) is 30.7 Å². The van der Waals surface area contributed by atoms with Crippen LogP contribution in [0.5, 0.6) is 0 Å². The number of nitrogens with zero attached hydrogens (tertiary/aromatic N) is 2. The van der Waals surface area contributed by atoms with E-state index >= 15 is 0 Å². The Hall–Kier alpha value is -3.45. The van der Waals surface area contributed by atoms with Gasteiger partial charge in [-0.2, -0.15) is 0 Å². The predicted molar refractivity (Wildman–Crippen MR) is 110 cm³/mol. The van der Waals surface area contributed by atoms with E-state index < -0.39 is 16.9 Å². The third kappa shape index (κ3) is 4.52. The van der Waals surface area contributed by atoms with E-state index in [0.717, 1.165) is 17.2 Å². The van der Waals surface area contributed by atoms with Gasteiger partial charge in [-0.3, -0.25) is 15.1 Å². The number of benzene rings is 2. The second kappa shape index (κ2) is 8.70. The van der Waals surface area contributed by atoms with Crippen LogP contribution in [0.4, 0.5) is 11.4 Å². The first kappa shape index (κ1) is 20.3. The Kier molecular flexibility index (Phi) is 6.09. The molecule has 0 aliphatic heterocycles. The van der Waals surface area contributed by atoms with Crippen LogP contribution in [0.25, 0.3) is 0 Å². The lowest BCUT2D eigenvalue weighted by atomic mass is 10.00. The van der Waals surface area contributed by atoms with Crippen LogP contribution < -0.4 is 5.32 Å². The normalized spacial score (nSPS) is 11.6. The molecule has 2 aromatic carbocycles. The number of halogens is 1. The SMILES string of the molecule is COC(=O)c1cc([N+](=O)[O-])c(NC(c2cccc(C)c2)c2ccccn2)cc1Cl. The Bertz CT molecular complexity index is 1060. The Morgan fingerprint density at radius 2 is 2.00 bits per heavy atom.